The molecule has 0 bridgehead atoms. The number of benzene rings is 1. The van der Waals surface area contributed by atoms with Crippen molar-refractivity contribution in [3.05, 3.63) is 58.5 Å². The molecule has 0 aliphatic rings. The fraction of sp³-hybridized carbons (Fsp3) is 0. The summed E-state index contributed by atoms with van der Waals surface area (Å²) in [7, 11) is 0. The first-order valence-electron chi connectivity index (χ1n) is 5.62. The highest BCUT2D eigenvalue weighted by atomic mass is 35.5. The molecule has 2 heterocycles. The Morgan fingerprint density at radius 2 is 2.05 bits per heavy atom. The molecule has 4 heteroatoms. The summed E-state index contributed by atoms with van der Waals surface area (Å²) in [6.45, 7) is 0. The molecule has 0 fully saturated rings. The Kier molecular flexibility index (Phi) is 3.12. The molecule has 3 rings (SSSR count). The summed E-state index contributed by atoms with van der Waals surface area (Å²) in [6.07, 6.45) is 0. The van der Waals surface area contributed by atoms with Crippen LogP contribution in [0.1, 0.15) is 10.6 Å². The Bertz CT molecular complexity index is 760. The second-order valence-corrected chi connectivity index (χ2v) is 5.25. The van der Waals surface area contributed by atoms with Crippen molar-refractivity contribution in [2.24, 2.45) is 0 Å². The van der Waals surface area contributed by atoms with Crippen molar-refractivity contribution < 1.29 is 4.42 Å². The van der Waals surface area contributed by atoms with E-state index in [1.807, 2.05) is 47.8 Å². The third-order valence-electron chi connectivity index (χ3n) is 2.74. The maximum atomic E-state index is 9.28. The molecular formula is C15H8ClNOS. The lowest BCUT2D eigenvalue weighted by molar-refractivity contribution is 0.603. The molecule has 19 heavy (non-hydrogen) atoms. The Morgan fingerprint density at radius 3 is 2.74 bits per heavy atom. The lowest BCUT2D eigenvalue weighted by atomic mass is 10.2. The van der Waals surface area contributed by atoms with Gasteiger partial charge in [0.05, 0.1) is 5.57 Å². The van der Waals surface area contributed by atoms with Gasteiger partial charge in [-0.05, 0) is 23.6 Å². The van der Waals surface area contributed by atoms with Crippen LogP contribution in [0.2, 0.25) is 0 Å². The monoisotopic (exact) mass is 285 g/mol. The van der Waals surface area contributed by atoms with Gasteiger partial charge in [0.15, 0.2) is 0 Å². The predicted molar refractivity (Wildman–Crippen MR) is 78.8 cm³/mol. The number of halogens is 1. The zero-order chi connectivity index (χ0) is 13.2. The van der Waals surface area contributed by atoms with E-state index >= 15 is 0 Å². The van der Waals surface area contributed by atoms with E-state index in [4.69, 9.17) is 16.0 Å². The number of hydrogen-bond acceptors (Lipinski definition) is 3. The summed E-state index contributed by atoms with van der Waals surface area (Å²) in [6, 6.07) is 15.4. The number of hydrogen-bond donors (Lipinski definition) is 0. The summed E-state index contributed by atoms with van der Waals surface area (Å²) in [5.74, 6) is 0.521. The topological polar surface area (TPSA) is 36.9 Å². The summed E-state index contributed by atoms with van der Waals surface area (Å²) < 4.78 is 5.67. The highest BCUT2D eigenvalue weighted by Gasteiger charge is 2.14. The molecule has 0 saturated carbocycles. The fourth-order valence-corrected chi connectivity index (χ4v) is 2.87. The number of rotatable bonds is 2. The van der Waals surface area contributed by atoms with Crippen LogP contribution in [0.15, 0.2) is 52.3 Å². The van der Waals surface area contributed by atoms with Gasteiger partial charge < -0.3 is 4.42 Å². The average molecular weight is 286 g/mol. The maximum absolute atomic E-state index is 9.28. The minimum Gasteiger partial charge on any atom is -0.455 e. The third-order valence-corrected chi connectivity index (χ3v) is 4.00. The number of nitrogens with zero attached hydrogens (tertiary/aromatic N) is 1. The van der Waals surface area contributed by atoms with Crippen LogP contribution in [0, 0.1) is 11.3 Å². The van der Waals surface area contributed by atoms with Gasteiger partial charge in [-0.1, -0.05) is 35.9 Å². The molecule has 0 aliphatic carbocycles. The Balaban J connectivity index is 2.17. The van der Waals surface area contributed by atoms with Crippen LogP contribution in [0.3, 0.4) is 0 Å². The van der Waals surface area contributed by atoms with Crippen molar-refractivity contribution in [3.8, 4) is 6.07 Å². The number of thiophene rings is 1. The number of furan rings is 1. The molecule has 2 aromatic heterocycles. The molecule has 0 radical (unpaired) electrons. The SMILES string of the molecule is N#C/C(=C(/Cl)c1cc2ccccc2o1)c1cccs1. The van der Waals surface area contributed by atoms with Gasteiger partial charge in [0, 0.05) is 10.3 Å². The number of fused-ring (bicyclic) bond motifs is 1. The first-order valence-corrected chi connectivity index (χ1v) is 6.88. The van der Waals surface area contributed by atoms with Crippen molar-refractivity contribution >= 4 is 44.5 Å². The molecule has 0 saturated heterocycles. The van der Waals surface area contributed by atoms with Crippen LogP contribution in [0.4, 0.5) is 0 Å². The molecule has 92 valence electrons. The first-order chi connectivity index (χ1) is 9.29. The van der Waals surface area contributed by atoms with Crippen molar-refractivity contribution in [1.82, 2.24) is 0 Å². The molecule has 0 amide bonds. The van der Waals surface area contributed by atoms with E-state index in [-0.39, 0.29) is 0 Å². The van der Waals surface area contributed by atoms with Crippen molar-refractivity contribution in [3.63, 3.8) is 0 Å². The number of allylic oxidation sites excluding steroid dienone is 1. The van der Waals surface area contributed by atoms with Crippen LogP contribution < -0.4 is 0 Å². The minimum absolute atomic E-state index is 0.348. The molecule has 0 N–H and O–H groups in total. The second kappa shape index (κ2) is 4.93. The van der Waals surface area contributed by atoms with Gasteiger partial charge in [-0.15, -0.1) is 11.3 Å². The van der Waals surface area contributed by atoms with E-state index < -0.39 is 0 Å². The van der Waals surface area contributed by atoms with Crippen molar-refractivity contribution in [2.75, 3.05) is 0 Å². The summed E-state index contributed by atoms with van der Waals surface area (Å²) in [4.78, 5) is 0.841. The number of para-hydroxylation sites is 1. The molecule has 2 nitrogen and oxygen atoms in total. The van der Waals surface area contributed by atoms with Crippen molar-refractivity contribution in [1.29, 1.82) is 5.26 Å². The normalized spacial score (nSPS) is 12.2. The maximum Gasteiger partial charge on any atom is 0.148 e. The molecule has 3 aromatic rings. The summed E-state index contributed by atoms with van der Waals surface area (Å²) in [5.41, 5.74) is 1.20. The van der Waals surface area contributed by atoms with Gasteiger partial charge in [0.25, 0.3) is 0 Å². The molecule has 1 aromatic carbocycles. The highest BCUT2D eigenvalue weighted by molar-refractivity contribution is 7.11. The van der Waals surface area contributed by atoms with E-state index in [1.165, 1.54) is 11.3 Å². The third kappa shape index (κ3) is 2.17. The van der Waals surface area contributed by atoms with Crippen LogP contribution in [-0.2, 0) is 0 Å². The number of nitriles is 1. The van der Waals surface area contributed by atoms with Gasteiger partial charge in [-0.2, -0.15) is 5.26 Å². The lowest BCUT2D eigenvalue weighted by Gasteiger charge is -1.97. The van der Waals surface area contributed by atoms with E-state index in [1.54, 1.807) is 0 Å². The van der Waals surface area contributed by atoms with Gasteiger partial charge in [-0.3, -0.25) is 0 Å². The quantitative estimate of drug-likeness (QED) is 0.612. The average Bonchev–Trinajstić information content (AvgIpc) is 3.08. The Morgan fingerprint density at radius 1 is 1.21 bits per heavy atom. The standard InChI is InChI=1S/C15H8ClNOS/c16-15(11(9-17)14-6-3-7-19-14)13-8-10-4-1-2-5-12(10)18-13/h1-8H/b15-11-. The van der Waals surface area contributed by atoms with E-state index in [9.17, 15) is 5.26 Å². The van der Waals surface area contributed by atoms with Gasteiger partial charge >= 0.3 is 0 Å². The highest BCUT2D eigenvalue weighted by Crippen LogP contribution is 2.34. The Hall–Kier alpha value is -2.02. The smallest absolute Gasteiger partial charge is 0.148 e. The predicted octanol–water partition coefficient (Wildman–Crippen LogP) is 5.12. The minimum atomic E-state index is 0.348. The zero-order valence-corrected chi connectivity index (χ0v) is 11.3. The van der Waals surface area contributed by atoms with Gasteiger partial charge in [0.2, 0.25) is 0 Å². The van der Waals surface area contributed by atoms with Crippen LogP contribution >= 0.6 is 22.9 Å². The van der Waals surface area contributed by atoms with Gasteiger partial charge in [0.1, 0.15) is 22.4 Å². The Labute approximate surface area is 119 Å². The van der Waals surface area contributed by atoms with Gasteiger partial charge in [-0.25, -0.2) is 0 Å². The van der Waals surface area contributed by atoms with E-state index in [2.05, 4.69) is 6.07 Å². The van der Waals surface area contributed by atoms with Crippen LogP contribution in [0.5, 0.6) is 0 Å². The van der Waals surface area contributed by atoms with Crippen LogP contribution in [0.25, 0.3) is 21.6 Å². The van der Waals surface area contributed by atoms with E-state index in [0.717, 1.165) is 15.8 Å². The zero-order valence-electron chi connectivity index (χ0n) is 9.76. The summed E-state index contributed by atoms with van der Waals surface area (Å²) in [5, 5.41) is 12.5. The molecule has 0 unspecified atom stereocenters. The summed E-state index contributed by atoms with van der Waals surface area (Å²) >= 11 is 7.78. The largest absolute Gasteiger partial charge is 0.455 e. The van der Waals surface area contributed by atoms with Crippen LogP contribution in [-0.4, -0.2) is 0 Å². The molecule has 0 spiro atoms. The van der Waals surface area contributed by atoms with Crippen molar-refractivity contribution in [2.45, 2.75) is 0 Å². The second-order valence-electron chi connectivity index (χ2n) is 3.93. The molecular weight excluding hydrogens is 278 g/mol. The molecule has 0 aliphatic heterocycles. The van der Waals surface area contributed by atoms with E-state index in [0.29, 0.717) is 16.4 Å². The first kappa shape index (κ1) is 12.0. The lowest BCUT2D eigenvalue weighted by Crippen LogP contribution is -1.80. The molecule has 0 atom stereocenters. The fourth-order valence-electron chi connectivity index (χ4n) is 1.85.